The van der Waals surface area contributed by atoms with Crippen LogP contribution in [0.2, 0.25) is 5.02 Å². The molecular formula is C16H11ClFN3O. The third-order valence-corrected chi connectivity index (χ3v) is 3.30. The van der Waals surface area contributed by atoms with E-state index in [1.165, 1.54) is 18.2 Å². The van der Waals surface area contributed by atoms with Gasteiger partial charge >= 0.3 is 0 Å². The van der Waals surface area contributed by atoms with Crippen molar-refractivity contribution in [1.82, 2.24) is 10.2 Å². The molecule has 1 aromatic heterocycles. The fourth-order valence-corrected chi connectivity index (χ4v) is 2.10. The summed E-state index contributed by atoms with van der Waals surface area (Å²) in [5.41, 5.74) is 2.13. The number of halogens is 2. The molecule has 22 heavy (non-hydrogen) atoms. The Balaban J connectivity index is 1.78. The van der Waals surface area contributed by atoms with Crippen LogP contribution in [0.15, 0.2) is 54.6 Å². The molecular weight excluding hydrogens is 305 g/mol. The minimum Gasteiger partial charge on any atom is -0.321 e. The average molecular weight is 316 g/mol. The molecule has 0 aliphatic carbocycles. The number of H-pyrrole nitrogens is 1. The smallest absolute Gasteiger partial charge is 0.273 e. The van der Waals surface area contributed by atoms with Gasteiger partial charge in [-0.15, -0.1) is 0 Å². The summed E-state index contributed by atoms with van der Waals surface area (Å²) in [6.07, 6.45) is 0. The number of aromatic amines is 1. The molecule has 0 atom stereocenters. The molecule has 2 aromatic carbocycles. The van der Waals surface area contributed by atoms with Crippen molar-refractivity contribution in [3.05, 3.63) is 71.1 Å². The highest BCUT2D eigenvalue weighted by Crippen LogP contribution is 2.20. The zero-order valence-electron chi connectivity index (χ0n) is 11.3. The molecule has 0 fully saturated rings. The van der Waals surface area contributed by atoms with Gasteiger partial charge in [0.25, 0.3) is 5.91 Å². The summed E-state index contributed by atoms with van der Waals surface area (Å²) in [7, 11) is 0. The molecule has 3 rings (SSSR count). The summed E-state index contributed by atoms with van der Waals surface area (Å²) in [5, 5.41) is 9.99. The van der Waals surface area contributed by atoms with Crippen molar-refractivity contribution in [2.24, 2.45) is 0 Å². The van der Waals surface area contributed by atoms with Gasteiger partial charge in [-0.05, 0) is 36.4 Å². The van der Waals surface area contributed by atoms with E-state index < -0.39 is 11.7 Å². The van der Waals surface area contributed by atoms with Gasteiger partial charge in [0.05, 0.1) is 5.69 Å². The minimum atomic E-state index is -0.413. The summed E-state index contributed by atoms with van der Waals surface area (Å²) < 4.78 is 13.1. The molecule has 0 bridgehead atoms. The molecule has 2 N–H and O–H groups in total. The first-order chi connectivity index (χ1) is 10.6. The largest absolute Gasteiger partial charge is 0.321 e. The number of anilines is 1. The van der Waals surface area contributed by atoms with Gasteiger partial charge in [-0.2, -0.15) is 5.10 Å². The second-order valence-corrected chi connectivity index (χ2v) is 5.07. The van der Waals surface area contributed by atoms with Crippen molar-refractivity contribution >= 4 is 23.2 Å². The second kappa shape index (κ2) is 5.99. The van der Waals surface area contributed by atoms with E-state index in [-0.39, 0.29) is 5.69 Å². The quantitative estimate of drug-likeness (QED) is 0.763. The molecule has 0 aliphatic heterocycles. The fourth-order valence-electron chi connectivity index (χ4n) is 1.97. The van der Waals surface area contributed by atoms with E-state index in [0.29, 0.717) is 16.4 Å². The summed E-state index contributed by atoms with van der Waals surface area (Å²) in [6.45, 7) is 0. The SMILES string of the molecule is O=C(Nc1cccc(F)c1)c1cc(-c2ccc(Cl)cc2)n[nH]1. The first-order valence-corrected chi connectivity index (χ1v) is 6.88. The highest BCUT2D eigenvalue weighted by Gasteiger charge is 2.11. The second-order valence-electron chi connectivity index (χ2n) is 4.64. The number of carbonyl (C=O) groups excluding carboxylic acids is 1. The number of rotatable bonds is 3. The molecule has 6 heteroatoms. The number of aromatic nitrogens is 2. The Morgan fingerprint density at radius 3 is 2.64 bits per heavy atom. The van der Waals surface area contributed by atoms with Gasteiger partial charge < -0.3 is 5.32 Å². The fraction of sp³-hybridized carbons (Fsp3) is 0. The third kappa shape index (κ3) is 3.15. The number of amides is 1. The van der Waals surface area contributed by atoms with Crippen LogP contribution in [0, 0.1) is 5.82 Å². The van der Waals surface area contributed by atoms with E-state index in [1.54, 1.807) is 24.3 Å². The molecule has 4 nitrogen and oxygen atoms in total. The molecule has 0 spiro atoms. The lowest BCUT2D eigenvalue weighted by Gasteiger charge is -2.02. The Kier molecular flexibility index (Phi) is 3.89. The van der Waals surface area contributed by atoms with E-state index in [4.69, 9.17) is 11.6 Å². The Morgan fingerprint density at radius 2 is 1.91 bits per heavy atom. The van der Waals surface area contributed by atoms with Crippen molar-refractivity contribution in [3.63, 3.8) is 0 Å². The Labute approximate surface area is 130 Å². The molecule has 0 aliphatic rings. The maximum absolute atomic E-state index is 13.1. The number of carbonyl (C=O) groups is 1. The summed E-state index contributed by atoms with van der Waals surface area (Å²) in [4.78, 5) is 12.1. The molecule has 3 aromatic rings. The van der Waals surface area contributed by atoms with Crippen LogP contribution in [0.5, 0.6) is 0 Å². The highest BCUT2D eigenvalue weighted by atomic mass is 35.5. The van der Waals surface area contributed by atoms with E-state index in [9.17, 15) is 9.18 Å². The minimum absolute atomic E-state index is 0.286. The van der Waals surface area contributed by atoms with Gasteiger partial charge in [-0.1, -0.05) is 29.8 Å². The van der Waals surface area contributed by atoms with Crippen LogP contribution < -0.4 is 5.32 Å². The lowest BCUT2D eigenvalue weighted by molar-refractivity contribution is 0.102. The van der Waals surface area contributed by atoms with Gasteiger partial charge in [0.15, 0.2) is 0 Å². The van der Waals surface area contributed by atoms with Gasteiger partial charge in [0.1, 0.15) is 11.5 Å². The predicted octanol–water partition coefficient (Wildman–Crippen LogP) is 4.12. The highest BCUT2D eigenvalue weighted by molar-refractivity contribution is 6.30. The van der Waals surface area contributed by atoms with Crippen LogP contribution in [0.3, 0.4) is 0 Å². The van der Waals surface area contributed by atoms with Crippen LogP contribution in [-0.2, 0) is 0 Å². The maximum atomic E-state index is 13.1. The first-order valence-electron chi connectivity index (χ1n) is 6.50. The molecule has 0 unspecified atom stereocenters. The van der Waals surface area contributed by atoms with Crippen LogP contribution in [-0.4, -0.2) is 16.1 Å². The summed E-state index contributed by atoms with van der Waals surface area (Å²) >= 11 is 5.83. The zero-order chi connectivity index (χ0) is 15.5. The van der Waals surface area contributed by atoms with Gasteiger partial charge in [0, 0.05) is 16.3 Å². The van der Waals surface area contributed by atoms with Crippen LogP contribution in [0.25, 0.3) is 11.3 Å². The van der Waals surface area contributed by atoms with Crippen LogP contribution >= 0.6 is 11.6 Å². The van der Waals surface area contributed by atoms with E-state index in [2.05, 4.69) is 15.5 Å². The van der Waals surface area contributed by atoms with Crippen molar-refractivity contribution in [2.45, 2.75) is 0 Å². The summed E-state index contributed by atoms with van der Waals surface area (Å²) in [5.74, 6) is -0.803. The predicted molar refractivity (Wildman–Crippen MR) is 83.4 cm³/mol. The molecule has 0 radical (unpaired) electrons. The van der Waals surface area contributed by atoms with Crippen molar-refractivity contribution < 1.29 is 9.18 Å². The van der Waals surface area contributed by atoms with Gasteiger partial charge in [-0.3, -0.25) is 9.89 Å². The normalized spacial score (nSPS) is 10.5. The number of hydrogen-bond acceptors (Lipinski definition) is 2. The standard InChI is InChI=1S/C16H11ClFN3O/c17-11-6-4-10(5-7-11)14-9-15(21-20-14)16(22)19-13-3-1-2-12(18)8-13/h1-9H,(H,19,22)(H,20,21). The van der Waals surface area contributed by atoms with Gasteiger partial charge in [0.2, 0.25) is 0 Å². The van der Waals surface area contributed by atoms with Crippen molar-refractivity contribution in [3.8, 4) is 11.3 Å². The van der Waals surface area contributed by atoms with Crippen LogP contribution in [0.4, 0.5) is 10.1 Å². The maximum Gasteiger partial charge on any atom is 0.273 e. The van der Waals surface area contributed by atoms with Gasteiger partial charge in [-0.25, -0.2) is 4.39 Å². The zero-order valence-corrected chi connectivity index (χ0v) is 12.1. The average Bonchev–Trinajstić information content (AvgIpc) is 2.98. The number of nitrogens with zero attached hydrogens (tertiary/aromatic N) is 1. The number of hydrogen-bond donors (Lipinski definition) is 2. The lowest BCUT2D eigenvalue weighted by Crippen LogP contribution is -2.12. The monoisotopic (exact) mass is 315 g/mol. The van der Waals surface area contributed by atoms with E-state index >= 15 is 0 Å². The first kappa shape index (κ1) is 14.3. The molecule has 1 amide bonds. The summed E-state index contributed by atoms with van der Waals surface area (Å²) in [6, 6.07) is 14.4. The molecule has 1 heterocycles. The third-order valence-electron chi connectivity index (χ3n) is 3.04. The van der Waals surface area contributed by atoms with Crippen molar-refractivity contribution in [1.29, 1.82) is 0 Å². The molecule has 0 saturated carbocycles. The van der Waals surface area contributed by atoms with Crippen molar-refractivity contribution in [2.75, 3.05) is 5.32 Å². The van der Waals surface area contributed by atoms with E-state index in [0.717, 1.165) is 5.56 Å². The Bertz CT molecular complexity index is 814. The van der Waals surface area contributed by atoms with Crippen LogP contribution in [0.1, 0.15) is 10.5 Å². The Morgan fingerprint density at radius 1 is 1.14 bits per heavy atom. The topological polar surface area (TPSA) is 57.8 Å². The number of benzene rings is 2. The van der Waals surface area contributed by atoms with E-state index in [1.807, 2.05) is 12.1 Å². The lowest BCUT2D eigenvalue weighted by atomic mass is 10.1. The molecule has 110 valence electrons. The molecule has 0 saturated heterocycles. The Hall–Kier alpha value is -2.66. The number of nitrogens with one attached hydrogen (secondary N) is 2.